The summed E-state index contributed by atoms with van der Waals surface area (Å²) in [6.07, 6.45) is 0.619. The Bertz CT molecular complexity index is 258. The first-order valence-electron chi connectivity index (χ1n) is 6.19. The van der Waals surface area contributed by atoms with Crippen LogP contribution in [0, 0.1) is 5.41 Å². The lowest BCUT2D eigenvalue weighted by Crippen LogP contribution is -2.34. The number of carbonyl (C=O) groups is 1. The predicted octanol–water partition coefficient (Wildman–Crippen LogP) is 1.60. The SMILES string of the molecule is CN(CO)COC(C)(C)CCOC(=O)C(C)(C)C. The topological polar surface area (TPSA) is 59.0 Å². The van der Waals surface area contributed by atoms with Crippen LogP contribution in [-0.4, -0.2) is 48.7 Å². The van der Waals surface area contributed by atoms with E-state index >= 15 is 0 Å². The fourth-order valence-electron chi connectivity index (χ4n) is 1.00. The first-order chi connectivity index (χ1) is 8.08. The number of hydrogen-bond acceptors (Lipinski definition) is 5. The van der Waals surface area contributed by atoms with E-state index in [2.05, 4.69) is 0 Å². The zero-order valence-electron chi connectivity index (χ0n) is 12.4. The molecule has 0 atom stereocenters. The van der Waals surface area contributed by atoms with E-state index in [4.69, 9.17) is 14.6 Å². The van der Waals surface area contributed by atoms with Gasteiger partial charge in [0.2, 0.25) is 0 Å². The quantitative estimate of drug-likeness (QED) is 0.557. The summed E-state index contributed by atoms with van der Waals surface area (Å²) < 4.78 is 10.8. The predicted molar refractivity (Wildman–Crippen MR) is 69.9 cm³/mol. The van der Waals surface area contributed by atoms with Crippen molar-refractivity contribution in [1.29, 1.82) is 0 Å². The zero-order chi connectivity index (χ0) is 14.4. The minimum atomic E-state index is -0.470. The molecule has 0 saturated heterocycles. The van der Waals surface area contributed by atoms with Gasteiger partial charge in [0.25, 0.3) is 0 Å². The van der Waals surface area contributed by atoms with Gasteiger partial charge < -0.3 is 14.6 Å². The van der Waals surface area contributed by atoms with E-state index in [1.165, 1.54) is 0 Å². The van der Waals surface area contributed by atoms with Crippen molar-refractivity contribution in [1.82, 2.24) is 4.90 Å². The molecule has 0 aromatic carbocycles. The van der Waals surface area contributed by atoms with Gasteiger partial charge in [-0.15, -0.1) is 0 Å². The van der Waals surface area contributed by atoms with Gasteiger partial charge in [0, 0.05) is 6.42 Å². The van der Waals surface area contributed by atoms with Crippen molar-refractivity contribution < 1.29 is 19.4 Å². The Morgan fingerprint density at radius 1 is 1.22 bits per heavy atom. The fourth-order valence-corrected chi connectivity index (χ4v) is 1.00. The second-order valence-electron chi connectivity index (χ2n) is 6.17. The van der Waals surface area contributed by atoms with Gasteiger partial charge in [-0.1, -0.05) is 0 Å². The van der Waals surface area contributed by atoms with Gasteiger partial charge in [-0.25, -0.2) is 0 Å². The van der Waals surface area contributed by atoms with Crippen molar-refractivity contribution in [2.45, 2.75) is 46.6 Å². The highest BCUT2D eigenvalue weighted by atomic mass is 16.5. The van der Waals surface area contributed by atoms with Crippen molar-refractivity contribution in [3.8, 4) is 0 Å². The molecule has 0 aliphatic rings. The number of carbonyl (C=O) groups excluding carboxylic acids is 1. The largest absolute Gasteiger partial charge is 0.465 e. The van der Waals surface area contributed by atoms with E-state index in [-0.39, 0.29) is 18.3 Å². The lowest BCUT2D eigenvalue weighted by Gasteiger charge is -2.28. The number of esters is 1. The standard InChI is InChI=1S/C13H27NO4/c1-12(2,3)11(16)17-8-7-13(4,5)18-10-14(6)9-15/h15H,7-10H2,1-6H3. The number of aliphatic hydroxyl groups is 1. The normalized spacial score (nSPS) is 12.9. The molecule has 0 aromatic rings. The summed E-state index contributed by atoms with van der Waals surface area (Å²) in [6, 6.07) is 0. The van der Waals surface area contributed by atoms with Crippen molar-refractivity contribution in [3.05, 3.63) is 0 Å². The Kier molecular flexibility index (Phi) is 6.81. The highest BCUT2D eigenvalue weighted by molar-refractivity contribution is 5.75. The van der Waals surface area contributed by atoms with Gasteiger partial charge in [0.05, 0.1) is 24.4 Å². The zero-order valence-corrected chi connectivity index (χ0v) is 12.4. The molecule has 0 amide bonds. The molecule has 0 rings (SSSR count). The van der Waals surface area contributed by atoms with Crippen LogP contribution < -0.4 is 0 Å². The smallest absolute Gasteiger partial charge is 0.311 e. The van der Waals surface area contributed by atoms with Crippen molar-refractivity contribution >= 4 is 5.97 Å². The molecule has 108 valence electrons. The number of hydrogen-bond donors (Lipinski definition) is 1. The third-order valence-electron chi connectivity index (χ3n) is 2.47. The van der Waals surface area contributed by atoms with Crippen LogP contribution in [0.1, 0.15) is 41.0 Å². The average molecular weight is 261 g/mol. The van der Waals surface area contributed by atoms with E-state index in [1.807, 2.05) is 34.6 Å². The number of aliphatic hydroxyl groups excluding tert-OH is 1. The van der Waals surface area contributed by atoms with E-state index in [0.717, 1.165) is 0 Å². The van der Waals surface area contributed by atoms with E-state index < -0.39 is 5.41 Å². The molecule has 1 N–H and O–H groups in total. The number of ether oxygens (including phenoxy) is 2. The third-order valence-corrected chi connectivity index (χ3v) is 2.47. The molecule has 0 spiro atoms. The minimum Gasteiger partial charge on any atom is -0.465 e. The molecule has 5 heteroatoms. The van der Waals surface area contributed by atoms with Crippen LogP contribution in [0.25, 0.3) is 0 Å². The molecule has 0 aliphatic heterocycles. The second kappa shape index (κ2) is 7.07. The maximum atomic E-state index is 11.6. The summed E-state index contributed by atoms with van der Waals surface area (Å²) in [4.78, 5) is 13.2. The van der Waals surface area contributed by atoms with Gasteiger partial charge in [0.1, 0.15) is 6.73 Å². The van der Waals surface area contributed by atoms with E-state index in [9.17, 15) is 4.79 Å². The Labute approximate surface area is 110 Å². The molecule has 18 heavy (non-hydrogen) atoms. The molecule has 5 nitrogen and oxygen atoms in total. The summed E-state index contributed by atoms with van der Waals surface area (Å²) in [6.45, 7) is 9.98. The van der Waals surface area contributed by atoms with Gasteiger partial charge in [-0.05, 0) is 41.7 Å². The van der Waals surface area contributed by atoms with E-state index in [1.54, 1.807) is 11.9 Å². The lowest BCUT2D eigenvalue weighted by molar-refractivity contribution is -0.155. The molecule has 0 saturated carbocycles. The Hall–Kier alpha value is -0.650. The Morgan fingerprint density at radius 2 is 1.78 bits per heavy atom. The highest BCUT2D eigenvalue weighted by Gasteiger charge is 2.25. The van der Waals surface area contributed by atoms with Crippen LogP contribution in [0.3, 0.4) is 0 Å². The summed E-state index contributed by atoms with van der Waals surface area (Å²) in [5, 5.41) is 8.85. The maximum Gasteiger partial charge on any atom is 0.311 e. The van der Waals surface area contributed by atoms with Gasteiger partial charge in [-0.3, -0.25) is 9.69 Å². The number of nitrogens with zero attached hydrogens (tertiary/aromatic N) is 1. The second-order valence-corrected chi connectivity index (χ2v) is 6.17. The molecule has 0 fully saturated rings. The summed E-state index contributed by atoms with van der Waals surface area (Å²) in [7, 11) is 1.76. The molecule has 0 heterocycles. The molecule has 0 unspecified atom stereocenters. The Balaban J connectivity index is 3.94. The van der Waals surface area contributed by atoms with Crippen LogP contribution >= 0.6 is 0 Å². The molecule has 0 aromatic heterocycles. The van der Waals surface area contributed by atoms with Crippen molar-refractivity contribution in [2.75, 3.05) is 27.1 Å². The number of rotatable bonds is 7. The van der Waals surface area contributed by atoms with Crippen LogP contribution in [0.4, 0.5) is 0 Å². The summed E-state index contributed by atoms with van der Waals surface area (Å²) in [5.41, 5.74) is -0.857. The molecular formula is C13H27NO4. The van der Waals surface area contributed by atoms with Gasteiger partial charge in [0.15, 0.2) is 0 Å². The van der Waals surface area contributed by atoms with Crippen molar-refractivity contribution in [3.63, 3.8) is 0 Å². The van der Waals surface area contributed by atoms with Gasteiger partial charge in [-0.2, -0.15) is 0 Å². The first-order valence-corrected chi connectivity index (χ1v) is 6.19. The third kappa shape index (κ3) is 7.63. The first kappa shape index (κ1) is 17.4. The van der Waals surface area contributed by atoms with Crippen LogP contribution in [-0.2, 0) is 14.3 Å². The lowest BCUT2D eigenvalue weighted by atomic mass is 9.97. The van der Waals surface area contributed by atoms with E-state index in [0.29, 0.717) is 19.8 Å². The fraction of sp³-hybridized carbons (Fsp3) is 0.923. The van der Waals surface area contributed by atoms with Crippen LogP contribution in [0.5, 0.6) is 0 Å². The van der Waals surface area contributed by atoms with Crippen molar-refractivity contribution in [2.24, 2.45) is 5.41 Å². The molecule has 0 bridgehead atoms. The monoisotopic (exact) mass is 261 g/mol. The van der Waals surface area contributed by atoms with Crippen LogP contribution in [0.2, 0.25) is 0 Å². The van der Waals surface area contributed by atoms with Crippen LogP contribution in [0.15, 0.2) is 0 Å². The Morgan fingerprint density at radius 3 is 2.22 bits per heavy atom. The highest BCUT2D eigenvalue weighted by Crippen LogP contribution is 2.18. The maximum absolute atomic E-state index is 11.6. The molecule has 0 radical (unpaired) electrons. The minimum absolute atomic E-state index is 0.0465. The van der Waals surface area contributed by atoms with Gasteiger partial charge >= 0.3 is 5.97 Å². The average Bonchev–Trinajstić information content (AvgIpc) is 2.24. The molecule has 0 aliphatic carbocycles. The summed E-state index contributed by atoms with van der Waals surface area (Å²) in [5.74, 6) is -0.203. The summed E-state index contributed by atoms with van der Waals surface area (Å²) >= 11 is 0. The molecular weight excluding hydrogens is 234 g/mol.